The monoisotopic (exact) mass is 416 g/mol. The molecule has 30 heavy (non-hydrogen) atoms. The zero-order valence-corrected chi connectivity index (χ0v) is 16.6. The Morgan fingerprint density at radius 1 is 0.933 bits per heavy atom. The fraction of sp³-hybridized carbons (Fsp3) is 0.130. The first-order chi connectivity index (χ1) is 14.6. The van der Waals surface area contributed by atoms with Crippen molar-refractivity contribution in [3.63, 3.8) is 0 Å². The topological polar surface area (TPSA) is 80.5 Å². The number of rotatable bonds is 5. The lowest BCUT2D eigenvalue weighted by atomic mass is 9.94. The molecule has 1 aliphatic rings. The number of para-hydroxylation sites is 2. The molecule has 2 amide bonds. The van der Waals surface area contributed by atoms with E-state index in [1.807, 2.05) is 42.5 Å². The third kappa shape index (κ3) is 3.17. The summed E-state index contributed by atoms with van der Waals surface area (Å²) >= 11 is 0.937. The minimum absolute atomic E-state index is 0.124. The first-order valence-electron chi connectivity index (χ1n) is 9.56. The maximum absolute atomic E-state index is 12.9. The van der Waals surface area contributed by atoms with Gasteiger partial charge in [-0.3, -0.25) is 19.3 Å². The van der Waals surface area contributed by atoms with Gasteiger partial charge in [0.2, 0.25) is 0 Å². The molecule has 1 aromatic heterocycles. The zero-order valence-electron chi connectivity index (χ0n) is 15.8. The van der Waals surface area contributed by atoms with Crippen molar-refractivity contribution in [1.29, 1.82) is 0 Å². The van der Waals surface area contributed by atoms with Crippen LogP contribution in [-0.2, 0) is 4.79 Å². The highest BCUT2D eigenvalue weighted by Crippen LogP contribution is 2.30. The third-order valence-corrected chi connectivity index (χ3v) is 5.87. The van der Waals surface area contributed by atoms with Crippen LogP contribution in [0.3, 0.4) is 0 Å². The lowest BCUT2D eigenvalue weighted by molar-refractivity contribution is -0.111. The second-order valence-corrected chi connectivity index (χ2v) is 8.01. The van der Waals surface area contributed by atoms with Gasteiger partial charge in [0.15, 0.2) is 10.7 Å². The summed E-state index contributed by atoms with van der Waals surface area (Å²) in [5, 5.41) is 1.75. The standard InChI is InChI=1S/C23H16N2O4S/c26-19(30-23-24-17-10-1-2-11-18(17)29-23)12-5-13-25-21(27)15-8-3-6-14-7-4-9-16(20(14)15)22(25)28/h1-4,6-11H,5,12-13H2. The average molecular weight is 416 g/mol. The van der Waals surface area contributed by atoms with Gasteiger partial charge in [0, 0.05) is 41.2 Å². The van der Waals surface area contributed by atoms with Crippen LogP contribution in [0.1, 0.15) is 33.6 Å². The molecule has 0 fully saturated rings. The number of imide groups is 1. The fourth-order valence-corrected chi connectivity index (χ4v) is 4.42. The predicted molar refractivity (Wildman–Crippen MR) is 113 cm³/mol. The van der Waals surface area contributed by atoms with E-state index in [1.165, 1.54) is 4.90 Å². The Hall–Kier alpha value is -3.45. The number of benzene rings is 3. The summed E-state index contributed by atoms with van der Waals surface area (Å²) in [7, 11) is 0. The Morgan fingerprint density at radius 2 is 1.63 bits per heavy atom. The number of amides is 2. The van der Waals surface area contributed by atoms with Gasteiger partial charge in [-0.1, -0.05) is 36.4 Å². The molecule has 1 aliphatic heterocycles. The Labute approximate surface area is 175 Å². The van der Waals surface area contributed by atoms with E-state index in [1.54, 1.807) is 18.2 Å². The Morgan fingerprint density at radius 3 is 2.33 bits per heavy atom. The minimum atomic E-state index is -0.316. The molecule has 4 aromatic rings. The van der Waals surface area contributed by atoms with E-state index in [2.05, 4.69) is 4.98 Å². The van der Waals surface area contributed by atoms with Crippen LogP contribution in [0.25, 0.3) is 21.9 Å². The molecule has 0 aliphatic carbocycles. The molecule has 7 heteroatoms. The van der Waals surface area contributed by atoms with Crippen molar-refractivity contribution in [2.45, 2.75) is 18.1 Å². The number of carbonyl (C=O) groups is 3. The Bertz CT molecular complexity index is 1240. The Kier molecular flexibility index (Phi) is 4.59. The van der Waals surface area contributed by atoms with Crippen molar-refractivity contribution in [3.05, 3.63) is 71.8 Å². The first kappa shape index (κ1) is 18.6. The van der Waals surface area contributed by atoms with Crippen LogP contribution in [0.4, 0.5) is 0 Å². The Balaban J connectivity index is 1.26. The van der Waals surface area contributed by atoms with E-state index in [-0.39, 0.29) is 29.9 Å². The van der Waals surface area contributed by atoms with E-state index in [4.69, 9.17) is 4.42 Å². The van der Waals surface area contributed by atoms with E-state index < -0.39 is 0 Å². The molecule has 0 saturated heterocycles. The number of oxazole rings is 1. The number of hydrogen-bond acceptors (Lipinski definition) is 6. The highest BCUT2D eigenvalue weighted by atomic mass is 32.2. The molecule has 3 aromatic carbocycles. The van der Waals surface area contributed by atoms with Crippen LogP contribution in [0, 0.1) is 0 Å². The lowest BCUT2D eigenvalue weighted by Gasteiger charge is -2.27. The molecule has 2 heterocycles. The molecule has 0 atom stereocenters. The molecule has 148 valence electrons. The van der Waals surface area contributed by atoms with E-state index in [0.29, 0.717) is 39.3 Å². The summed E-state index contributed by atoms with van der Waals surface area (Å²) in [5.74, 6) is -0.633. The van der Waals surface area contributed by atoms with E-state index >= 15 is 0 Å². The van der Waals surface area contributed by atoms with Crippen LogP contribution in [0.2, 0.25) is 0 Å². The van der Waals surface area contributed by atoms with Gasteiger partial charge < -0.3 is 4.42 Å². The van der Waals surface area contributed by atoms with Crippen LogP contribution in [0.5, 0.6) is 0 Å². The number of fused-ring (bicyclic) bond motifs is 1. The van der Waals surface area contributed by atoms with Gasteiger partial charge in [0.05, 0.1) is 0 Å². The summed E-state index contributed by atoms with van der Waals surface area (Å²) in [6.07, 6.45) is 0.577. The highest BCUT2D eigenvalue weighted by Gasteiger charge is 2.32. The van der Waals surface area contributed by atoms with Crippen molar-refractivity contribution in [1.82, 2.24) is 9.88 Å². The van der Waals surface area contributed by atoms with Crippen molar-refractivity contribution in [2.24, 2.45) is 0 Å². The molecule has 5 rings (SSSR count). The maximum atomic E-state index is 12.9. The molecule has 0 saturated carbocycles. The first-order valence-corrected chi connectivity index (χ1v) is 10.4. The van der Waals surface area contributed by atoms with Crippen LogP contribution < -0.4 is 0 Å². The SMILES string of the molecule is O=C(CCCN1C(=O)c2cccc3cccc(c23)C1=O)Sc1nc2ccccc2o1. The van der Waals surface area contributed by atoms with E-state index in [0.717, 1.165) is 17.1 Å². The molecular weight excluding hydrogens is 400 g/mol. The van der Waals surface area contributed by atoms with Crippen molar-refractivity contribution in [2.75, 3.05) is 6.54 Å². The van der Waals surface area contributed by atoms with Gasteiger partial charge in [-0.2, -0.15) is 0 Å². The van der Waals surface area contributed by atoms with Crippen molar-refractivity contribution >= 4 is 50.6 Å². The third-order valence-electron chi connectivity index (χ3n) is 5.09. The van der Waals surface area contributed by atoms with Gasteiger partial charge in [0.1, 0.15) is 5.52 Å². The molecule has 0 radical (unpaired) electrons. The molecule has 0 N–H and O–H groups in total. The van der Waals surface area contributed by atoms with Gasteiger partial charge >= 0.3 is 0 Å². The molecule has 0 unspecified atom stereocenters. The van der Waals surface area contributed by atoms with Crippen LogP contribution in [0.15, 0.2) is 70.3 Å². The van der Waals surface area contributed by atoms with E-state index in [9.17, 15) is 14.4 Å². The quantitative estimate of drug-likeness (QED) is 0.347. The molecular formula is C23H16N2O4S. The van der Waals surface area contributed by atoms with Gasteiger partial charge in [-0.05, 0) is 36.1 Å². The summed E-state index contributed by atoms with van der Waals surface area (Å²) in [4.78, 5) is 43.6. The van der Waals surface area contributed by atoms with Gasteiger partial charge in [-0.25, -0.2) is 4.98 Å². The number of thioether (sulfide) groups is 1. The number of hydrogen-bond donors (Lipinski definition) is 0. The molecule has 0 spiro atoms. The number of aromatic nitrogens is 1. The summed E-state index contributed by atoms with van der Waals surface area (Å²) in [5.41, 5.74) is 2.38. The molecule has 0 bridgehead atoms. The second-order valence-electron chi connectivity index (χ2n) is 7.00. The van der Waals surface area contributed by atoms with Gasteiger partial charge in [-0.15, -0.1) is 0 Å². The lowest BCUT2D eigenvalue weighted by Crippen LogP contribution is -2.40. The van der Waals surface area contributed by atoms with Crippen LogP contribution in [-0.4, -0.2) is 33.4 Å². The van der Waals surface area contributed by atoms with Crippen LogP contribution >= 0.6 is 11.8 Å². The van der Waals surface area contributed by atoms with Gasteiger partial charge in [0.25, 0.3) is 17.0 Å². The fourth-order valence-electron chi connectivity index (χ4n) is 3.71. The minimum Gasteiger partial charge on any atom is -0.431 e. The predicted octanol–water partition coefficient (Wildman–Crippen LogP) is 4.68. The second kappa shape index (κ2) is 7.42. The number of carbonyl (C=O) groups excluding carboxylic acids is 3. The maximum Gasteiger partial charge on any atom is 0.264 e. The smallest absolute Gasteiger partial charge is 0.264 e. The largest absolute Gasteiger partial charge is 0.431 e. The highest BCUT2D eigenvalue weighted by molar-refractivity contribution is 8.13. The normalized spacial score (nSPS) is 13.4. The summed E-state index contributed by atoms with van der Waals surface area (Å²) in [6, 6.07) is 18.2. The molecule has 6 nitrogen and oxygen atoms in total. The van der Waals surface area contributed by atoms with Crippen molar-refractivity contribution in [3.8, 4) is 0 Å². The summed E-state index contributed by atoms with van der Waals surface area (Å²) < 4.78 is 5.55. The summed E-state index contributed by atoms with van der Waals surface area (Å²) in [6.45, 7) is 0.183. The average Bonchev–Trinajstić information content (AvgIpc) is 3.16. The number of nitrogens with zero attached hydrogens (tertiary/aromatic N) is 2. The van der Waals surface area contributed by atoms with Crippen molar-refractivity contribution < 1.29 is 18.8 Å². The zero-order chi connectivity index (χ0) is 20.7.